The molecule has 0 fully saturated rings. The molecule has 0 saturated heterocycles. The number of H-pyrrole nitrogens is 1. The Morgan fingerprint density at radius 2 is 2.12 bits per heavy atom. The maximum absolute atomic E-state index is 12.9. The van der Waals surface area contributed by atoms with Crippen LogP contribution in [0.25, 0.3) is 0 Å². The topological polar surface area (TPSA) is 100 Å². The van der Waals surface area contributed by atoms with E-state index in [1.807, 2.05) is 13.0 Å². The predicted molar refractivity (Wildman–Crippen MR) is 95.9 cm³/mol. The van der Waals surface area contributed by atoms with Crippen molar-refractivity contribution in [1.29, 1.82) is 0 Å². The van der Waals surface area contributed by atoms with Crippen LogP contribution in [0, 0.1) is 0 Å². The number of fused-ring (bicyclic) bond motifs is 1. The van der Waals surface area contributed by atoms with Gasteiger partial charge in [-0.1, -0.05) is 30.8 Å². The van der Waals surface area contributed by atoms with Gasteiger partial charge in [0.15, 0.2) is 5.16 Å². The van der Waals surface area contributed by atoms with Crippen LogP contribution in [0.4, 0.5) is 11.4 Å². The van der Waals surface area contributed by atoms with E-state index in [-0.39, 0.29) is 24.0 Å². The number of thioether (sulfide) groups is 1. The Bertz CT molecular complexity index is 859. The first-order valence-electron chi connectivity index (χ1n) is 8.03. The summed E-state index contributed by atoms with van der Waals surface area (Å²) in [6, 6.07) is 7.18. The number of amides is 2. The lowest BCUT2D eigenvalue weighted by molar-refractivity contribution is -0.121. The Labute approximate surface area is 148 Å². The number of benzene rings is 1. The SMILES string of the molecule is CCCn1c(S[C@H](C)C(=O)N2CC(=O)Nc3ccccc32)n[nH]c1=O. The molecule has 9 heteroatoms. The number of nitrogens with zero attached hydrogens (tertiary/aromatic N) is 3. The second-order valence-electron chi connectivity index (χ2n) is 5.71. The summed E-state index contributed by atoms with van der Waals surface area (Å²) in [4.78, 5) is 38.0. The molecule has 0 radical (unpaired) electrons. The van der Waals surface area contributed by atoms with E-state index in [2.05, 4.69) is 15.5 Å². The highest BCUT2D eigenvalue weighted by Crippen LogP contribution is 2.31. The average molecular weight is 361 g/mol. The lowest BCUT2D eigenvalue weighted by atomic mass is 10.2. The van der Waals surface area contributed by atoms with Crippen LogP contribution in [-0.2, 0) is 16.1 Å². The van der Waals surface area contributed by atoms with Gasteiger partial charge in [-0.15, -0.1) is 5.10 Å². The number of para-hydroxylation sites is 2. The van der Waals surface area contributed by atoms with Crippen molar-refractivity contribution < 1.29 is 9.59 Å². The van der Waals surface area contributed by atoms with Gasteiger partial charge < -0.3 is 5.32 Å². The highest BCUT2D eigenvalue weighted by atomic mass is 32.2. The van der Waals surface area contributed by atoms with Gasteiger partial charge in [-0.3, -0.25) is 19.1 Å². The smallest absolute Gasteiger partial charge is 0.323 e. The first-order valence-corrected chi connectivity index (χ1v) is 8.91. The van der Waals surface area contributed by atoms with Gasteiger partial charge in [0.2, 0.25) is 11.8 Å². The molecule has 1 aliphatic heterocycles. The lowest BCUT2D eigenvalue weighted by Gasteiger charge is -2.30. The van der Waals surface area contributed by atoms with E-state index in [1.165, 1.54) is 21.2 Å². The Hall–Kier alpha value is -2.55. The first-order chi connectivity index (χ1) is 12.0. The lowest BCUT2D eigenvalue weighted by Crippen LogP contribution is -2.45. The molecule has 3 rings (SSSR count). The summed E-state index contributed by atoms with van der Waals surface area (Å²) in [6.45, 7) is 4.22. The van der Waals surface area contributed by atoms with Crippen LogP contribution in [0.5, 0.6) is 0 Å². The summed E-state index contributed by atoms with van der Waals surface area (Å²) in [6.07, 6.45) is 0.787. The molecule has 1 aromatic carbocycles. The standard InChI is InChI=1S/C16H19N5O3S/c1-3-8-20-15(24)18-19-16(20)25-10(2)14(23)21-9-13(22)17-11-6-4-5-7-12(11)21/h4-7,10H,3,8-9H2,1-2H3,(H,17,22)(H,18,24)/t10-/m1/s1. The van der Waals surface area contributed by atoms with E-state index in [1.54, 1.807) is 25.1 Å². The van der Waals surface area contributed by atoms with Crippen LogP contribution < -0.4 is 15.9 Å². The van der Waals surface area contributed by atoms with Crippen LogP contribution in [0.1, 0.15) is 20.3 Å². The van der Waals surface area contributed by atoms with Gasteiger partial charge in [-0.2, -0.15) is 0 Å². The third kappa shape index (κ3) is 3.46. The van der Waals surface area contributed by atoms with Gasteiger partial charge in [0.1, 0.15) is 6.54 Å². The zero-order chi connectivity index (χ0) is 18.0. The van der Waals surface area contributed by atoms with E-state index in [0.29, 0.717) is 23.1 Å². The molecule has 2 N–H and O–H groups in total. The van der Waals surface area contributed by atoms with Crippen LogP contribution in [0.2, 0.25) is 0 Å². The van der Waals surface area contributed by atoms with Crippen molar-refractivity contribution in [2.75, 3.05) is 16.8 Å². The average Bonchev–Trinajstić information content (AvgIpc) is 2.94. The Kier molecular flexibility index (Phi) is 4.93. The van der Waals surface area contributed by atoms with E-state index < -0.39 is 5.25 Å². The number of rotatable bonds is 5. The van der Waals surface area contributed by atoms with Crippen molar-refractivity contribution in [3.8, 4) is 0 Å². The molecule has 1 aliphatic rings. The molecule has 0 unspecified atom stereocenters. The second-order valence-corrected chi connectivity index (χ2v) is 7.02. The molecule has 0 spiro atoms. The molecule has 2 heterocycles. The second kappa shape index (κ2) is 7.14. The van der Waals surface area contributed by atoms with Crippen molar-refractivity contribution in [1.82, 2.24) is 14.8 Å². The van der Waals surface area contributed by atoms with E-state index in [4.69, 9.17) is 0 Å². The highest BCUT2D eigenvalue weighted by molar-refractivity contribution is 8.00. The Morgan fingerprint density at radius 1 is 1.36 bits per heavy atom. The minimum Gasteiger partial charge on any atom is -0.323 e. The maximum atomic E-state index is 12.9. The fraction of sp³-hybridized carbons (Fsp3) is 0.375. The number of anilines is 2. The third-order valence-corrected chi connectivity index (χ3v) is 4.91. The van der Waals surface area contributed by atoms with Crippen molar-refractivity contribution in [3.63, 3.8) is 0 Å². The molecule has 2 aromatic rings. The number of hydrogen-bond acceptors (Lipinski definition) is 5. The molecule has 0 aliphatic carbocycles. The minimum absolute atomic E-state index is 0.0247. The number of carbonyl (C=O) groups is 2. The fourth-order valence-electron chi connectivity index (χ4n) is 2.67. The van der Waals surface area contributed by atoms with E-state index >= 15 is 0 Å². The molecule has 132 valence electrons. The molecule has 1 aromatic heterocycles. The molecule has 0 saturated carbocycles. The van der Waals surface area contributed by atoms with E-state index in [9.17, 15) is 14.4 Å². The zero-order valence-electron chi connectivity index (χ0n) is 14.0. The summed E-state index contributed by atoms with van der Waals surface area (Å²) in [5.74, 6) is -0.433. The summed E-state index contributed by atoms with van der Waals surface area (Å²) in [7, 11) is 0. The van der Waals surface area contributed by atoms with Gasteiger partial charge in [-0.25, -0.2) is 9.89 Å². The fourth-order valence-corrected chi connectivity index (χ4v) is 3.62. The van der Waals surface area contributed by atoms with Crippen molar-refractivity contribution in [2.45, 2.75) is 37.2 Å². The summed E-state index contributed by atoms with van der Waals surface area (Å²) in [5.41, 5.74) is 1.01. The molecule has 1 atom stereocenters. The maximum Gasteiger partial charge on any atom is 0.343 e. The van der Waals surface area contributed by atoms with Gasteiger partial charge in [-0.05, 0) is 25.5 Å². The van der Waals surface area contributed by atoms with Gasteiger partial charge >= 0.3 is 5.69 Å². The van der Waals surface area contributed by atoms with Gasteiger partial charge in [0.25, 0.3) is 0 Å². The molecule has 2 amide bonds. The van der Waals surface area contributed by atoms with Gasteiger partial charge in [0.05, 0.1) is 16.6 Å². The van der Waals surface area contributed by atoms with E-state index in [0.717, 1.165) is 6.42 Å². The largest absolute Gasteiger partial charge is 0.343 e. The number of hydrogen-bond donors (Lipinski definition) is 2. The number of nitrogens with one attached hydrogen (secondary N) is 2. The van der Waals surface area contributed by atoms with Gasteiger partial charge in [0, 0.05) is 6.54 Å². The van der Waals surface area contributed by atoms with Crippen LogP contribution >= 0.6 is 11.8 Å². The number of carbonyl (C=O) groups excluding carboxylic acids is 2. The van der Waals surface area contributed by atoms with Crippen LogP contribution in [-0.4, -0.2) is 38.4 Å². The quantitative estimate of drug-likeness (QED) is 0.785. The molecule has 25 heavy (non-hydrogen) atoms. The zero-order valence-corrected chi connectivity index (χ0v) is 14.8. The molecule has 8 nitrogen and oxygen atoms in total. The summed E-state index contributed by atoms with van der Waals surface area (Å²) >= 11 is 1.21. The highest BCUT2D eigenvalue weighted by Gasteiger charge is 2.30. The number of aromatic nitrogens is 3. The van der Waals surface area contributed by atoms with Crippen LogP contribution in [0.3, 0.4) is 0 Å². The first kappa shape index (κ1) is 17.3. The Morgan fingerprint density at radius 3 is 2.88 bits per heavy atom. The number of aromatic amines is 1. The monoisotopic (exact) mass is 361 g/mol. The summed E-state index contributed by atoms with van der Waals surface area (Å²) < 4.78 is 1.52. The molecule has 0 bridgehead atoms. The predicted octanol–water partition coefficient (Wildman–Crippen LogP) is 1.45. The normalized spacial score (nSPS) is 14.8. The summed E-state index contributed by atoms with van der Waals surface area (Å²) in [5, 5.41) is 9.15. The van der Waals surface area contributed by atoms with Crippen molar-refractivity contribution >= 4 is 35.0 Å². The molecular weight excluding hydrogens is 342 g/mol. The van der Waals surface area contributed by atoms with Crippen molar-refractivity contribution in [3.05, 3.63) is 34.7 Å². The van der Waals surface area contributed by atoms with Crippen LogP contribution in [0.15, 0.2) is 34.2 Å². The minimum atomic E-state index is -0.496. The Balaban J connectivity index is 1.82. The van der Waals surface area contributed by atoms with Crippen molar-refractivity contribution in [2.24, 2.45) is 0 Å². The molecular formula is C16H19N5O3S. The third-order valence-electron chi connectivity index (χ3n) is 3.84.